The van der Waals surface area contributed by atoms with Crippen molar-refractivity contribution in [3.63, 3.8) is 0 Å². The van der Waals surface area contributed by atoms with E-state index in [1.54, 1.807) is 53.9 Å². The summed E-state index contributed by atoms with van der Waals surface area (Å²) in [6.45, 7) is 1.82. The van der Waals surface area contributed by atoms with Gasteiger partial charge in [-0.1, -0.05) is 42.5 Å². The number of pyridine rings is 1. The molecule has 4 aromatic rings. The molecule has 5 rings (SSSR count). The van der Waals surface area contributed by atoms with Crippen molar-refractivity contribution in [1.82, 2.24) is 4.98 Å². The summed E-state index contributed by atoms with van der Waals surface area (Å²) < 4.78 is 5.98. The Labute approximate surface area is 200 Å². The first-order chi connectivity index (χ1) is 16.5. The molecule has 168 valence electrons. The summed E-state index contributed by atoms with van der Waals surface area (Å²) in [6.07, 6.45) is 0. The van der Waals surface area contributed by atoms with Crippen LogP contribution in [-0.2, 0) is 4.79 Å². The molecular weight excluding hydrogens is 448 g/mol. The summed E-state index contributed by atoms with van der Waals surface area (Å²) in [5, 5.41) is 12.7. The van der Waals surface area contributed by atoms with Crippen LogP contribution in [0.25, 0.3) is 0 Å². The number of aromatic nitrogens is 1. The van der Waals surface area contributed by atoms with Gasteiger partial charge < -0.3 is 9.84 Å². The first-order valence-electron chi connectivity index (χ1n) is 10.6. The lowest BCUT2D eigenvalue weighted by molar-refractivity contribution is -0.117. The predicted molar refractivity (Wildman–Crippen MR) is 130 cm³/mol. The van der Waals surface area contributed by atoms with Crippen molar-refractivity contribution in [3.05, 3.63) is 118 Å². The van der Waals surface area contributed by atoms with Gasteiger partial charge in [-0.3, -0.25) is 14.5 Å². The summed E-state index contributed by atoms with van der Waals surface area (Å²) in [5.74, 6) is -0.0750. The molecule has 1 aliphatic rings. The molecule has 1 aliphatic heterocycles. The maximum Gasteiger partial charge on any atom is 0.295 e. The van der Waals surface area contributed by atoms with Crippen LogP contribution in [0.2, 0.25) is 0 Å². The van der Waals surface area contributed by atoms with Crippen molar-refractivity contribution >= 4 is 28.8 Å². The van der Waals surface area contributed by atoms with Gasteiger partial charge in [0.2, 0.25) is 5.78 Å². The van der Waals surface area contributed by atoms with E-state index in [0.29, 0.717) is 33.5 Å². The third-order valence-corrected chi connectivity index (χ3v) is 6.34. The molecule has 1 amide bonds. The van der Waals surface area contributed by atoms with Gasteiger partial charge >= 0.3 is 0 Å². The smallest absolute Gasteiger partial charge is 0.295 e. The average molecular weight is 469 g/mol. The highest BCUT2D eigenvalue weighted by Crippen LogP contribution is 2.42. The zero-order chi connectivity index (χ0) is 23.7. The first kappa shape index (κ1) is 21.6. The monoisotopic (exact) mass is 468 g/mol. The molecule has 0 bridgehead atoms. The van der Waals surface area contributed by atoms with Crippen molar-refractivity contribution < 1.29 is 19.4 Å². The van der Waals surface area contributed by atoms with Gasteiger partial charge in [0.25, 0.3) is 5.91 Å². The van der Waals surface area contributed by atoms with E-state index < -0.39 is 23.5 Å². The molecule has 0 fully saturated rings. The molecular formula is C27H20N2O4S. The number of amides is 1. The number of nitrogens with zero attached hydrogens (tertiary/aromatic N) is 2. The normalized spacial score (nSPS) is 15.6. The third-order valence-electron chi connectivity index (χ3n) is 5.47. The zero-order valence-electron chi connectivity index (χ0n) is 18.2. The summed E-state index contributed by atoms with van der Waals surface area (Å²) in [4.78, 5) is 33.0. The molecule has 2 aromatic heterocycles. The van der Waals surface area contributed by atoms with Crippen LogP contribution in [0.1, 0.15) is 27.0 Å². The number of hydrogen-bond acceptors (Lipinski definition) is 6. The SMILES string of the molecule is Cc1cccc(N2C(=O)C(O)=C(C(=O)c3cccs3)[C@@H]2c2cccc(Oc3ccccc3)c2)n1. The number of aliphatic hydroxyl groups is 1. The number of rotatable bonds is 6. The molecule has 1 atom stereocenters. The second-order valence-corrected chi connectivity index (χ2v) is 8.72. The Balaban J connectivity index is 1.62. The number of thiophene rings is 1. The van der Waals surface area contributed by atoms with E-state index in [1.807, 2.05) is 43.3 Å². The van der Waals surface area contributed by atoms with E-state index in [2.05, 4.69) is 4.98 Å². The molecule has 0 aliphatic carbocycles. The zero-order valence-corrected chi connectivity index (χ0v) is 19.0. The third kappa shape index (κ3) is 3.97. The number of anilines is 1. The quantitative estimate of drug-likeness (QED) is 0.350. The topological polar surface area (TPSA) is 79.7 Å². The maximum atomic E-state index is 13.4. The summed E-state index contributed by atoms with van der Waals surface area (Å²) >= 11 is 1.26. The number of ketones is 1. The minimum Gasteiger partial charge on any atom is -0.503 e. The molecule has 3 heterocycles. The van der Waals surface area contributed by atoms with Gasteiger partial charge in [0, 0.05) is 5.69 Å². The molecule has 0 unspecified atom stereocenters. The standard InChI is InChI=1S/C27H20N2O4S/c1-17-8-5-14-22(28-17)29-24(23(26(31)27(29)32)25(30)21-13-7-15-34-21)18-9-6-12-20(16-18)33-19-10-3-2-4-11-19/h2-16,24,31H,1H3/t24-/m0/s1. The van der Waals surface area contributed by atoms with Crippen LogP contribution in [0.15, 0.2) is 102 Å². The fraction of sp³-hybridized carbons (Fsp3) is 0.0741. The largest absolute Gasteiger partial charge is 0.503 e. The van der Waals surface area contributed by atoms with E-state index in [-0.39, 0.29) is 5.57 Å². The minimum absolute atomic E-state index is 0.0209. The van der Waals surface area contributed by atoms with Crippen molar-refractivity contribution in [3.8, 4) is 11.5 Å². The van der Waals surface area contributed by atoms with E-state index in [4.69, 9.17) is 4.74 Å². The van der Waals surface area contributed by atoms with Gasteiger partial charge in [0.05, 0.1) is 16.5 Å². The van der Waals surface area contributed by atoms with Gasteiger partial charge in [-0.05, 0) is 60.3 Å². The number of Topliss-reactive ketones (excluding diaryl/α,β-unsaturated/α-hetero) is 1. The number of carbonyl (C=O) groups is 2. The molecule has 6 nitrogen and oxygen atoms in total. The van der Waals surface area contributed by atoms with Crippen LogP contribution >= 0.6 is 11.3 Å². The molecule has 7 heteroatoms. The number of benzene rings is 2. The van der Waals surface area contributed by atoms with Gasteiger partial charge in [-0.25, -0.2) is 4.98 Å². The number of carbonyl (C=O) groups excluding carboxylic acids is 2. The van der Waals surface area contributed by atoms with E-state index in [1.165, 1.54) is 16.2 Å². The number of aliphatic hydroxyl groups excluding tert-OH is 1. The summed E-state index contributed by atoms with van der Waals surface area (Å²) in [6, 6.07) is 24.4. The van der Waals surface area contributed by atoms with Crippen LogP contribution < -0.4 is 9.64 Å². The summed E-state index contributed by atoms with van der Waals surface area (Å²) in [7, 11) is 0. The lowest BCUT2D eigenvalue weighted by atomic mass is 9.95. The van der Waals surface area contributed by atoms with Crippen molar-refractivity contribution in [1.29, 1.82) is 0 Å². The fourth-order valence-corrected chi connectivity index (χ4v) is 4.64. The molecule has 2 aromatic carbocycles. The second kappa shape index (κ2) is 8.96. The van der Waals surface area contributed by atoms with Crippen LogP contribution in [0.4, 0.5) is 5.82 Å². The van der Waals surface area contributed by atoms with E-state index in [0.717, 1.165) is 0 Å². The highest BCUT2D eigenvalue weighted by Gasteiger charge is 2.45. The molecule has 1 N–H and O–H groups in total. The number of aryl methyl sites for hydroxylation is 1. The second-order valence-electron chi connectivity index (χ2n) is 7.77. The van der Waals surface area contributed by atoms with Crippen molar-refractivity contribution in [2.45, 2.75) is 13.0 Å². The Morgan fingerprint density at radius 3 is 2.47 bits per heavy atom. The van der Waals surface area contributed by atoms with E-state index in [9.17, 15) is 14.7 Å². The van der Waals surface area contributed by atoms with E-state index >= 15 is 0 Å². The Morgan fingerprint density at radius 1 is 0.971 bits per heavy atom. The number of ether oxygens (including phenoxy) is 1. The Bertz CT molecular complexity index is 1400. The highest BCUT2D eigenvalue weighted by molar-refractivity contribution is 7.12. The average Bonchev–Trinajstić information content (AvgIpc) is 3.47. The highest BCUT2D eigenvalue weighted by atomic mass is 32.1. The molecule has 0 radical (unpaired) electrons. The predicted octanol–water partition coefficient (Wildman–Crippen LogP) is 6.03. The molecule has 0 spiro atoms. The van der Waals surface area contributed by atoms with Crippen LogP contribution in [-0.4, -0.2) is 21.8 Å². The lowest BCUT2D eigenvalue weighted by Gasteiger charge is -2.26. The fourth-order valence-electron chi connectivity index (χ4n) is 3.96. The molecule has 34 heavy (non-hydrogen) atoms. The van der Waals surface area contributed by atoms with Crippen LogP contribution in [0, 0.1) is 6.92 Å². The lowest BCUT2D eigenvalue weighted by Crippen LogP contribution is -2.31. The van der Waals surface area contributed by atoms with Crippen LogP contribution in [0.3, 0.4) is 0 Å². The van der Waals surface area contributed by atoms with Gasteiger partial charge in [0.1, 0.15) is 17.3 Å². The Morgan fingerprint density at radius 2 is 1.74 bits per heavy atom. The maximum absolute atomic E-state index is 13.4. The molecule has 0 saturated heterocycles. The first-order valence-corrected chi connectivity index (χ1v) is 11.5. The van der Waals surface area contributed by atoms with Crippen molar-refractivity contribution in [2.24, 2.45) is 0 Å². The molecule has 0 saturated carbocycles. The summed E-state index contributed by atoms with van der Waals surface area (Å²) in [5.41, 5.74) is 1.35. The van der Waals surface area contributed by atoms with Crippen molar-refractivity contribution in [2.75, 3.05) is 4.90 Å². The van der Waals surface area contributed by atoms with Crippen LogP contribution in [0.5, 0.6) is 11.5 Å². The number of para-hydroxylation sites is 1. The Hall–Kier alpha value is -4.23. The number of hydrogen-bond donors (Lipinski definition) is 1. The van der Waals surface area contributed by atoms with Gasteiger partial charge in [0.15, 0.2) is 5.76 Å². The van der Waals surface area contributed by atoms with Gasteiger partial charge in [-0.15, -0.1) is 11.3 Å². The van der Waals surface area contributed by atoms with Gasteiger partial charge in [-0.2, -0.15) is 0 Å². The minimum atomic E-state index is -0.865. The Kier molecular flexibility index (Phi) is 5.69.